The number of anilines is 4. The Morgan fingerprint density at radius 2 is 1.50 bits per heavy atom. The average molecular weight is 506 g/mol. The van der Waals surface area contributed by atoms with Gasteiger partial charge in [0.2, 0.25) is 0 Å². The second-order valence-corrected chi connectivity index (χ2v) is 8.74. The molecule has 0 bridgehead atoms. The highest BCUT2D eigenvalue weighted by Gasteiger charge is 2.37. The summed E-state index contributed by atoms with van der Waals surface area (Å²) in [6, 6.07) is 25.3. The summed E-state index contributed by atoms with van der Waals surface area (Å²) in [5.41, 5.74) is 3.39. The van der Waals surface area contributed by atoms with Crippen molar-refractivity contribution in [1.29, 1.82) is 0 Å². The molecule has 3 N–H and O–H groups in total. The van der Waals surface area contributed by atoms with E-state index in [1.165, 1.54) is 24.3 Å². The first-order valence-corrected chi connectivity index (χ1v) is 12.0. The van der Waals surface area contributed by atoms with E-state index in [2.05, 4.69) is 10.6 Å². The predicted octanol–water partition coefficient (Wildman–Crippen LogP) is 5.74. The number of aromatic carboxylic acids is 1. The van der Waals surface area contributed by atoms with Crippen LogP contribution in [0, 0.1) is 0 Å². The third-order valence-electron chi connectivity index (χ3n) is 6.31. The van der Waals surface area contributed by atoms with Crippen molar-refractivity contribution in [2.24, 2.45) is 0 Å². The Hall–Kier alpha value is -5.24. The molecule has 0 atom stereocenters. The normalized spacial score (nSPS) is 12.3. The maximum Gasteiger partial charge on any atom is 0.335 e. The van der Waals surface area contributed by atoms with Crippen LogP contribution in [0.5, 0.6) is 0 Å². The van der Waals surface area contributed by atoms with E-state index in [4.69, 9.17) is 0 Å². The number of nitrogens with one attached hydrogen (secondary N) is 2. The van der Waals surface area contributed by atoms with Gasteiger partial charge in [0, 0.05) is 11.4 Å². The van der Waals surface area contributed by atoms with Crippen molar-refractivity contribution in [3.05, 3.63) is 119 Å². The molecular formula is C30H23N3O5. The van der Waals surface area contributed by atoms with Gasteiger partial charge < -0.3 is 15.7 Å². The molecule has 0 saturated carbocycles. The van der Waals surface area contributed by atoms with Crippen molar-refractivity contribution in [3.8, 4) is 0 Å². The largest absolute Gasteiger partial charge is 0.478 e. The molecule has 4 aromatic rings. The van der Waals surface area contributed by atoms with Gasteiger partial charge in [0.05, 0.1) is 33.6 Å². The van der Waals surface area contributed by atoms with Gasteiger partial charge in [-0.15, -0.1) is 0 Å². The Morgan fingerprint density at radius 3 is 2.18 bits per heavy atom. The molecule has 188 valence electrons. The molecule has 0 unspecified atom stereocenters. The number of amides is 3. The molecule has 8 nitrogen and oxygen atoms in total. The molecule has 1 heterocycles. The van der Waals surface area contributed by atoms with Gasteiger partial charge in [-0.05, 0) is 72.6 Å². The molecule has 0 fully saturated rings. The minimum atomic E-state index is -1.20. The quantitative estimate of drug-likeness (QED) is 0.276. The van der Waals surface area contributed by atoms with Crippen LogP contribution in [-0.4, -0.2) is 28.8 Å². The number of nitrogens with zero attached hydrogens (tertiary/aromatic N) is 1. The zero-order valence-electron chi connectivity index (χ0n) is 20.4. The number of carbonyl (C=O) groups is 4. The Kier molecular flexibility index (Phi) is 6.45. The van der Waals surface area contributed by atoms with Crippen LogP contribution in [0.15, 0.2) is 91.0 Å². The Morgan fingerprint density at radius 1 is 0.789 bits per heavy atom. The van der Waals surface area contributed by atoms with E-state index in [9.17, 15) is 24.3 Å². The minimum absolute atomic E-state index is 0.00315. The molecule has 0 aliphatic carbocycles. The topological polar surface area (TPSA) is 116 Å². The number of carboxylic acid groups (broad SMARTS) is 1. The van der Waals surface area contributed by atoms with E-state index in [-0.39, 0.29) is 27.9 Å². The van der Waals surface area contributed by atoms with Crippen molar-refractivity contribution in [2.45, 2.75) is 13.3 Å². The number of benzene rings is 4. The Labute approximate surface area is 218 Å². The van der Waals surface area contributed by atoms with Gasteiger partial charge in [-0.25, -0.2) is 9.69 Å². The number of hydrogen-bond donors (Lipinski definition) is 3. The van der Waals surface area contributed by atoms with Crippen molar-refractivity contribution in [3.63, 3.8) is 0 Å². The number of carbonyl (C=O) groups excluding carboxylic acids is 3. The Balaban J connectivity index is 1.52. The summed E-state index contributed by atoms with van der Waals surface area (Å²) in [4.78, 5) is 52.1. The second kappa shape index (κ2) is 10.0. The van der Waals surface area contributed by atoms with E-state index in [1.54, 1.807) is 12.1 Å². The summed E-state index contributed by atoms with van der Waals surface area (Å²) in [6.45, 7) is 2.04. The van der Waals surface area contributed by atoms with E-state index >= 15 is 0 Å². The number of aryl methyl sites for hydroxylation is 1. The van der Waals surface area contributed by atoms with E-state index in [1.807, 2.05) is 61.5 Å². The van der Waals surface area contributed by atoms with Crippen LogP contribution in [-0.2, 0) is 6.42 Å². The fraction of sp³-hybridized carbons (Fsp3) is 0.0667. The molecule has 1 aliphatic heterocycles. The maximum atomic E-state index is 13.4. The molecular weight excluding hydrogens is 482 g/mol. The van der Waals surface area contributed by atoms with Gasteiger partial charge in [-0.3, -0.25) is 14.4 Å². The number of carboxylic acids is 1. The first-order chi connectivity index (χ1) is 18.4. The van der Waals surface area contributed by atoms with Crippen molar-refractivity contribution < 1.29 is 24.3 Å². The number of fused-ring (bicyclic) bond motifs is 1. The zero-order valence-corrected chi connectivity index (χ0v) is 20.4. The van der Waals surface area contributed by atoms with Crippen LogP contribution in [0.4, 0.5) is 22.7 Å². The van der Waals surface area contributed by atoms with Crippen LogP contribution in [0.2, 0.25) is 0 Å². The molecule has 4 aromatic carbocycles. The van der Waals surface area contributed by atoms with Crippen LogP contribution in [0.1, 0.15) is 53.9 Å². The lowest BCUT2D eigenvalue weighted by Crippen LogP contribution is -2.29. The first-order valence-electron chi connectivity index (χ1n) is 12.0. The fourth-order valence-electron chi connectivity index (χ4n) is 4.28. The van der Waals surface area contributed by atoms with E-state index in [0.29, 0.717) is 11.4 Å². The summed E-state index contributed by atoms with van der Waals surface area (Å²) < 4.78 is 0. The number of para-hydroxylation sites is 1. The van der Waals surface area contributed by atoms with Gasteiger partial charge in [0.25, 0.3) is 17.7 Å². The van der Waals surface area contributed by atoms with Crippen molar-refractivity contribution in [2.75, 3.05) is 15.5 Å². The number of rotatable bonds is 7. The van der Waals surface area contributed by atoms with Gasteiger partial charge in [-0.1, -0.05) is 37.3 Å². The predicted molar refractivity (Wildman–Crippen MR) is 144 cm³/mol. The van der Waals surface area contributed by atoms with Gasteiger partial charge in [0.15, 0.2) is 0 Å². The van der Waals surface area contributed by atoms with Crippen LogP contribution < -0.4 is 15.5 Å². The van der Waals surface area contributed by atoms with E-state index in [0.717, 1.165) is 22.6 Å². The zero-order chi connectivity index (χ0) is 26.8. The highest BCUT2D eigenvalue weighted by atomic mass is 16.4. The molecule has 3 amide bonds. The number of imide groups is 1. The van der Waals surface area contributed by atoms with Crippen molar-refractivity contribution >= 4 is 46.4 Å². The van der Waals surface area contributed by atoms with Crippen LogP contribution in [0.3, 0.4) is 0 Å². The second-order valence-electron chi connectivity index (χ2n) is 8.74. The third kappa shape index (κ3) is 4.62. The summed E-state index contributed by atoms with van der Waals surface area (Å²) in [7, 11) is 0. The summed E-state index contributed by atoms with van der Waals surface area (Å²) >= 11 is 0. The molecule has 1 aliphatic rings. The molecule has 0 spiro atoms. The fourth-order valence-corrected chi connectivity index (χ4v) is 4.28. The smallest absolute Gasteiger partial charge is 0.335 e. The van der Waals surface area contributed by atoms with Gasteiger partial charge >= 0.3 is 5.97 Å². The van der Waals surface area contributed by atoms with Crippen LogP contribution >= 0.6 is 0 Å². The molecule has 0 aromatic heterocycles. The Bertz CT molecular complexity index is 1580. The molecule has 38 heavy (non-hydrogen) atoms. The van der Waals surface area contributed by atoms with Crippen LogP contribution in [0.25, 0.3) is 0 Å². The minimum Gasteiger partial charge on any atom is -0.478 e. The SMILES string of the molecule is CCc1ccc(NC(=O)c2cc(N3C(=O)c4ccc(C(=O)O)cc4C3=O)ccc2Nc2ccccc2)cc1. The third-order valence-corrected chi connectivity index (χ3v) is 6.31. The lowest BCUT2D eigenvalue weighted by molar-refractivity contribution is 0.0696. The molecule has 0 radical (unpaired) electrons. The summed E-state index contributed by atoms with van der Waals surface area (Å²) in [5.74, 6) is -2.88. The van der Waals surface area contributed by atoms with Crippen molar-refractivity contribution in [1.82, 2.24) is 0 Å². The number of hydrogen-bond acceptors (Lipinski definition) is 5. The molecule has 0 saturated heterocycles. The lowest BCUT2D eigenvalue weighted by Gasteiger charge is -2.18. The monoisotopic (exact) mass is 505 g/mol. The first kappa shape index (κ1) is 24.5. The maximum absolute atomic E-state index is 13.4. The molecule has 5 rings (SSSR count). The van der Waals surface area contributed by atoms with Gasteiger partial charge in [0.1, 0.15) is 0 Å². The highest BCUT2D eigenvalue weighted by molar-refractivity contribution is 6.35. The lowest BCUT2D eigenvalue weighted by atomic mass is 10.1. The average Bonchev–Trinajstić information content (AvgIpc) is 3.18. The van der Waals surface area contributed by atoms with Gasteiger partial charge in [-0.2, -0.15) is 0 Å². The van der Waals surface area contributed by atoms with E-state index < -0.39 is 23.7 Å². The summed E-state index contributed by atoms with van der Waals surface area (Å²) in [5, 5.41) is 15.4. The standard InChI is InChI=1S/C30H23N3O5/c1-2-18-8-11-21(12-9-18)32-27(34)25-17-22(13-15-26(25)31-20-6-4-3-5-7-20)33-28(35)23-14-10-19(30(37)38)16-24(23)29(33)36/h3-17,31H,2H2,1H3,(H,32,34)(H,37,38). The highest BCUT2D eigenvalue weighted by Crippen LogP contribution is 2.33. The molecule has 8 heteroatoms. The summed E-state index contributed by atoms with van der Waals surface area (Å²) in [6.07, 6.45) is 0.871.